The van der Waals surface area contributed by atoms with E-state index in [1.807, 2.05) is 0 Å². The van der Waals surface area contributed by atoms with E-state index in [1.54, 1.807) is 0 Å². The van der Waals surface area contributed by atoms with Gasteiger partial charge in [0.1, 0.15) is 0 Å². The summed E-state index contributed by atoms with van der Waals surface area (Å²) in [6, 6.07) is 11.7. The highest BCUT2D eigenvalue weighted by molar-refractivity contribution is 5.47. The third kappa shape index (κ3) is 1.92. The lowest BCUT2D eigenvalue weighted by molar-refractivity contribution is 0.0849. The maximum Gasteiger partial charge on any atom is 0.0689 e. The number of nitrogens with zero attached hydrogens (tertiary/aromatic N) is 2. The smallest absolute Gasteiger partial charge is 0.0689 e. The first kappa shape index (κ1) is 12.5. The average Bonchev–Trinajstić information content (AvgIpc) is 2.49. The van der Waals surface area contributed by atoms with Crippen LogP contribution in [0.3, 0.4) is 0 Å². The number of rotatable bonds is 2. The van der Waals surface area contributed by atoms with E-state index in [-0.39, 0.29) is 5.41 Å². The van der Waals surface area contributed by atoms with Crippen molar-refractivity contribution in [2.75, 3.05) is 19.0 Å². The minimum Gasteiger partial charge on any atom is -0.378 e. The van der Waals surface area contributed by atoms with Crippen molar-refractivity contribution in [3.63, 3.8) is 0 Å². The van der Waals surface area contributed by atoms with E-state index in [9.17, 15) is 5.26 Å². The van der Waals surface area contributed by atoms with Gasteiger partial charge in [0.25, 0.3) is 0 Å². The van der Waals surface area contributed by atoms with Crippen LogP contribution in [-0.4, -0.2) is 14.1 Å². The third-order valence-corrected chi connectivity index (χ3v) is 5.48. The van der Waals surface area contributed by atoms with Gasteiger partial charge in [0.05, 0.1) is 11.5 Å². The fraction of sp³-hybridized carbons (Fsp3) is 0.588. The number of fused-ring (bicyclic) bond motifs is 3. The number of anilines is 1. The second kappa shape index (κ2) is 4.27. The normalized spacial score (nSPS) is 32.9. The predicted octanol–water partition coefficient (Wildman–Crippen LogP) is 3.87. The van der Waals surface area contributed by atoms with Crippen LogP contribution in [0.5, 0.6) is 0 Å². The molecular weight excluding hydrogens is 232 g/mol. The maximum atomic E-state index is 9.36. The third-order valence-electron chi connectivity index (χ3n) is 5.48. The van der Waals surface area contributed by atoms with Crippen LogP contribution in [0.25, 0.3) is 0 Å². The molecule has 3 aliphatic rings. The van der Waals surface area contributed by atoms with Crippen LogP contribution in [0, 0.1) is 16.7 Å². The first-order chi connectivity index (χ1) is 9.09. The highest BCUT2D eigenvalue weighted by Crippen LogP contribution is 2.57. The molecule has 2 nitrogen and oxygen atoms in total. The molecule has 3 aliphatic carbocycles. The summed E-state index contributed by atoms with van der Waals surface area (Å²) in [5.74, 6) is 0. The van der Waals surface area contributed by atoms with Crippen molar-refractivity contribution in [1.82, 2.24) is 0 Å². The van der Waals surface area contributed by atoms with Crippen molar-refractivity contribution in [3.8, 4) is 6.07 Å². The summed E-state index contributed by atoms with van der Waals surface area (Å²) in [6.45, 7) is 0. The van der Waals surface area contributed by atoms with Crippen molar-refractivity contribution in [2.24, 2.45) is 5.41 Å². The molecule has 0 N–H and O–H groups in total. The van der Waals surface area contributed by atoms with Crippen LogP contribution >= 0.6 is 0 Å². The van der Waals surface area contributed by atoms with Crippen molar-refractivity contribution >= 4 is 5.69 Å². The highest BCUT2D eigenvalue weighted by Gasteiger charge is 2.49. The zero-order valence-electron chi connectivity index (χ0n) is 11.9. The van der Waals surface area contributed by atoms with E-state index in [0.717, 1.165) is 19.3 Å². The molecule has 0 radical (unpaired) electrons. The van der Waals surface area contributed by atoms with Crippen molar-refractivity contribution < 1.29 is 0 Å². The van der Waals surface area contributed by atoms with Gasteiger partial charge in [-0.25, -0.2) is 0 Å². The van der Waals surface area contributed by atoms with E-state index in [0.29, 0.717) is 5.41 Å². The van der Waals surface area contributed by atoms with Crippen LogP contribution in [0.4, 0.5) is 5.69 Å². The monoisotopic (exact) mass is 254 g/mol. The summed E-state index contributed by atoms with van der Waals surface area (Å²) < 4.78 is 0. The Morgan fingerprint density at radius 2 is 1.47 bits per heavy atom. The van der Waals surface area contributed by atoms with E-state index < -0.39 is 0 Å². The number of nitriles is 1. The van der Waals surface area contributed by atoms with Crippen molar-refractivity contribution in [2.45, 2.75) is 43.9 Å². The molecule has 0 unspecified atom stereocenters. The van der Waals surface area contributed by atoms with Crippen LogP contribution in [0.1, 0.15) is 44.1 Å². The van der Waals surface area contributed by atoms with Gasteiger partial charge in [-0.3, -0.25) is 0 Å². The molecule has 0 heterocycles. The van der Waals surface area contributed by atoms with E-state index >= 15 is 0 Å². The Morgan fingerprint density at radius 1 is 0.947 bits per heavy atom. The molecule has 1 aromatic carbocycles. The van der Waals surface area contributed by atoms with Gasteiger partial charge >= 0.3 is 0 Å². The van der Waals surface area contributed by atoms with E-state index in [2.05, 4.69) is 49.3 Å². The lowest BCUT2D eigenvalue weighted by Crippen LogP contribution is -2.43. The fourth-order valence-electron chi connectivity index (χ4n) is 3.90. The molecule has 100 valence electrons. The SMILES string of the molecule is CN(C)c1ccc(C23CCC(C#N)(CC2)CC3)cc1. The molecule has 4 rings (SSSR count). The quantitative estimate of drug-likeness (QED) is 0.801. The first-order valence-corrected chi connectivity index (χ1v) is 7.28. The van der Waals surface area contributed by atoms with Crippen LogP contribution in [-0.2, 0) is 5.41 Å². The Bertz CT molecular complexity index is 483. The standard InChI is InChI=1S/C17H22N2/c1-19(2)15-5-3-14(4-6-15)17-10-7-16(13-18,8-11-17)9-12-17/h3-6H,7-12H2,1-2H3. The molecule has 3 fully saturated rings. The fourth-order valence-corrected chi connectivity index (χ4v) is 3.90. The van der Waals surface area contributed by atoms with Crippen LogP contribution < -0.4 is 4.90 Å². The first-order valence-electron chi connectivity index (χ1n) is 7.28. The van der Waals surface area contributed by atoms with Gasteiger partial charge in [0.2, 0.25) is 0 Å². The van der Waals surface area contributed by atoms with E-state index in [1.165, 1.54) is 30.5 Å². The molecule has 0 saturated heterocycles. The molecule has 3 saturated carbocycles. The summed E-state index contributed by atoms with van der Waals surface area (Å²) in [5, 5.41) is 9.36. The number of benzene rings is 1. The van der Waals surface area contributed by atoms with Gasteiger partial charge in [0, 0.05) is 19.8 Å². The zero-order valence-corrected chi connectivity index (χ0v) is 11.9. The molecule has 19 heavy (non-hydrogen) atoms. The molecular formula is C17H22N2. The predicted molar refractivity (Wildman–Crippen MR) is 78.2 cm³/mol. The second-order valence-corrected chi connectivity index (χ2v) is 6.61. The lowest BCUT2D eigenvalue weighted by atomic mass is 9.52. The minimum absolute atomic E-state index is 0.0192. The Labute approximate surface area is 116 Å². The second-order valence-electron chi connectivity index (χ2n) is 6.61. The van der Waals surface area contributed by atoms with Crippen LogP contribution in [0.15, 0.2) is 24.3 Å². The zero-order chi connectivity index (χ0) is 13.5. The summed E-state index contributed by atoms with van der Waals surface area (Å²) >= 11 is 0. The minimum atomic E-state index is 0.0192. The molecule has 1 aromatic rings. The summed E-state index contributed by atoms with van der Waals surface area (Å²) in [7, 11) is 4.16. The molecule has 0 spiro atoms. The van der Waals surface area contributed by atoms with Crippen LogP contribution in [0.2, 0.25) is 0 Å². The molecule has 0 aromatic heterocycles. The summed E-state index contributed by atoms with van der Waals surface area (Å²) in [6.07, 6.45) is 6.88. The van der Waals surface area contributed by atoms with Gasteiger partial charge in [-0.2, -0.15) is 5.26 Å². The largest absolute Gasteiger partial charge is 0.378 e. The lowest BCUT2D eigenvalue weighted by Gasteiger charge is -2.50. The average molecular weight is 254 g/mol. The topological polar surface area (TPSA) is 27.0 Å². The summed E-state index contributed by atoms with van der Waals surface area (Å²) in [4.78, 5) is 2.14. The Morgan fingerprint density at radius 3 is 1.89 bits per heavy atom. The van der Waals surface area contributed by atoms with Gasteiger partial charge in [0.15, 0.2) is 0 Å². The summed E-state index contributed by atoms with van der Waals surface area (Å²) in [5.41, 5.74) is 3.14. The number of hydrogen-bond acceptors (Lipinski definition) is 2. The molecule has 0 aliphatic heterocycles. The molecule has 2 heteroatoms. The molecule has 0 atom stereocenters. The molecule has 2 bridgehead atoms. The Kier molecular flexibility index (Phi) is 2.82. The Balaban J connectivity index is 1.86. The van der Waals surface area contributed by atoms with Gasteiger partial charge in [-0.1, -0.05) is 12.1 Å². The van der Waals surface area contributed by atoms with Gasteiger partial charge < -0.3 is 4.90 Å². The van der Waals surface area contributed by atoms with Crippen molar-refractivity contribution in [3.05, 3.63) is 29.8 Å². The van der Waals surface area contributed by atoms with Crippen molar-refractivity contribution in [1.29, 1.82) is 5.26 Å². The van der Waals surface area contributed by atoms with Gasteiger partial charge in [-0.05, 0) is 61.6 Å². The van der Waals surface area contributed by atoms with Gasteiger partial charge in [-0.15, -0.1) is 0 Å². The highest BCUT2D eigenvalue weighted by atomic mass is 15.1. The molecule has 0 amide bonds. The Hall–Kier alpha value is -1.49. The van der Waals surface area contributed by atoms with E-state index in [4.69, 9.17) is 0 Å². The number of hydrogen-bond donors (Lipinski definition) is 0. The maximum absolute atomic E-state index is 9.36.